The van der Waals surface area contributed by atoms with Gasteiger partial charge in [-0.05, 0) is 46.9 Å². The average molecular weight is 351 g/mol. The molecule has 4 nitrogen and oxygen atoms in total. The number of piperazine rings is 1. The van der Waals surface area contributed by atoms with Crippen LogP contribution in [0.5, 0.6) is 0 Å². The highest BCUT2D eigenvalue weighted by molar-refractivity contribution is 5.64. The highest BCUT2D eigenvalue weighted by Crippen LogP contribution is 2.46. The first-order chi connectivity index (χ1) is 12.4. The van der Waals surface area contributed by atoms with Crippen molar-refractivity contribution in [3.05, 3.63) is 41.6 Å². The summed E-state index contributed by atoms with van der Waals surface area (Å²) >= 11 is 0. The summed E-state index contributed by atoms with van der Waals surface area (Å²) in [6, 6.07) is 8.98. The first kappa shape index (κ1) is 17.5. The number of aromatic nitrogens is 2. The molecule has 2 aromatic rings. The van der Waals surface area contributed by atoms with Crippen LogP contribution in [0.3, 0.4) is 0 Å². The SMILES string of the molecule is CC1(C)CCC(C)(C)c2cc(-c3ccnc(N4CCNCC4)n3)ccc21. The second-order valence-corrected chi connectivity index (χ2v) is 9.01. The van der Waals surface area contributed by atoms with Gasteiger partial charge in [0.2, 0.25) is 5.95 Å². The minimum absolute atomic E-state index is 0.218. The molecule has 0 unspecified atom stereocenters. The maximum atomic E-state index is 4.89. The summed E-state index contributed by atoms with van der Waals surface area (Å²) in [4.78, 5) is 11.7. The third kappa shape index (κ3) is 3.11. The second kappa shape index (κ2) is 6.34. The molecule has 1 N–H and O–H groups in total. The molecule has 1 aliphatic heterocycles. The molecule has 138 valence electrons. The van der Waals surface area contributed by atoms with Crippen molar-refractivity contribution in [1.82, 2.24) is 15.3 Å². The fraction of sp³-hybridized carbons (Fsp3) is 0.545. The highest BCUT2D eigenvalue weighted by atomic mass is 15.3. The molecular formula is C22H30N4. The number of benzene rings is 1. The van der Waals surface area contributed by atoms with Crippen LogP contribution in [0.1, 0.15) is 51.7 Å². The van der Waals surface area contributed by atoms with Crippen LogP contribution >= 0.6 is 0 Å². The van der Waals surface area contributed by atoms with Gasteiger partial charge in [-0.3, -0.25) is 0 Å². The van der Waals surface area contributed by atoms with E-state index in [2.05, 4.69) is 61.1 Å². The van der Waals surface area contributed by atoms with E-state index in [-0.39, 0.29) is 10.8 Å². The van der Waals surface area contributed by atoms with Gasteiger partial charge in [-0.2, -0.15) is 0 Å². The predicted octanol–water partition coefficient (Wildman–Crippen LogP) is 3.90. The minimum Gasteiger partial charge on any atom is -0.338 e. The molecule has 26 heavy (non-hydrogen) atoms. The molecular weight excluding hydrogens is 320 g/mol. The van der Waals surface area contributed by atoms with Gasteiger partial charge in [0.05, 0.1) is 5.69 Å². The topological polar surface area (TPSA) is 41.1 Å². The van der Waals surface area contributed by atoms with E-state index >= 15 is 0 Å². The molecule has 0 spiro atoms. The fourth-order valence-electron chi connectivity index (χ4n) is 4.27. The second-order valence-electron chi connectivity index (χ2n) is 9.01. The number of hydrogen-bond acceptors (Lipinski definition) is 4. The summed E-state index contributed by atoms with van der Waals surface area (Å²) < 4.78 is 0. The third-order valence-electron chi connectivity index (χ3n) is 6.19. The third-order valence-corrected chi connectivity index (χ3v) is 6.19. The van der Waals surface area contributed by atoms with Crippen molar-refractivity contribution in [2.75, 3.05) is 31.1 Å². The molecule has 0 atom stereocenters. The van der Waals surface area contributed by atoms with E-state index in [0.29, 0.717) is 0 Å². The fourth-order valence-corrected chi connectivity index (χ4v) is 4.27. The van der Waals surface area contributed by atoms with Crippen LogP contribution in [-0.2, 0) is 10.8 Å². The van der Waals surface area contributed by atoms with Crippen molar-refractivity contribution in [2.45, 2.75) is 51.4 Å². The molecule has 0 radical (unpaired) electrons. The molecule has 1 fully saturated rings. The Morgan fingerprint density at radius 1 is 0.923 bits per heavy atom. The Labute approximate surface area is 157 Å². The monoisotopic (exact) mass is 350 g/mol. The standard InChI is InChI=1S/C22H30N4/c1-21(2)8-9-22(3,4)18-15-16(5-6-17(18)21)19-7-10-24-20(25-19)26-13-11-23-12-14-26/h5-7,10,15,23H,8-9,11-14H2,1-4H3. The molecule has 2 heterocycles. The quantitative estimate of drug-likeness (QED) is 0.892. The Morgan fingerprint density at radius 2 is 1.62 bits per heavy atom. The van der Waals surface area contributed by atoms with E-state index in [1.54, 1.807) is 0 Å². The molecule has 0 saturated carbocycles. The summed E-state index contributed by atoms with van der Waals surface area (Å²) in [6.07, 6.45) is 4.37. The van der Waals surface area contributed by atoms with Gasteiger partial charge in [-0.15, -0.1) is 0 Å². The van der Waals surface area contributed by atoms with Gasteiger partial charge in [-0.25, -0.2) is 9.97 Å². The maximum Gasteiger partial charge on any atom is 0.225 e. The Balaban J connectivity index is 1.73. The van der Waals surface area contributed by atoms with Crippen LogP contribution in [0, 0.1) is 0 Å². The Morgan fingerprint density at radius 3 is 2.35 bits per heavy atom. The van der Waals surface area contributed by atoms with Gasteiger partial charge in [-0.1, -0.05) is 39.8 Å². The van der Waals surface area contributed by atoms with Crippen molar-refractivity contribution in [2.24, 2.45) is 0 Å². The zero-order chi connectivity index (χ0) is 18.4. The average Bonchev–Trinajstić information content (AvgIpc) is 2.66. The van der Waals surface area contributed by atoms with Crippen molar-refractivity contribution in [3.8, 4) is 11.3 Å². The lowest BCUT2D eigenvalue weighted by Gasteiger charge is -2.42. The van der Waals surface area contributed by atoms with Crippen molar-refractivity contribution in [1.29, 1.82) is 0 Å². The minimum atomic E-state index is 0.218. The number of nitrogens with zero attached hydrogens (tertiary/aromatic N) is 3. The summed E-state index contributed by atoms with van der Waals surface area (Å²) in [7, 11) is 0. The van der Waals surface area contributed by atoms with E-state index in [9.17, 15) is 0 Å². The molecule has 1 aliphatic carbocycles. The van der Waals surface area contributed by atoms with Crippen molar-refractivity contribution >= 4 is 5.95 Å². The lowest BCUT2D eigenvalue weighted by Crippen LogP contribution is -2.44. The zero-order valence-corrected chi connectivity index (χ0v) is 16.5. The molecule has 1 saturated heterocycles. The van der Waals surface area contributed by atoms with Gasteiger partial charge in [0.15, 0.2) is 0 Å². The smallest absolute Gasteiger partial charge is 0.225 e. The number of hydrogen-bond donors (Lipinski definition) is 1. The Kier molecular flexibility index (Phi) is 4.26. The van der Waals surface area contributed by atoms with Gasteiger partial charge in [0.1, 0.15) is 0 Å². The maximum absolute atomic E-state index is 4.89. The van der Waals surface area contributed by atoms with Crippen molar-refractivity contribution < 1.29 is 0 Å². The molecule has 0 bridgehead atoms. The Hall–Kier alpha value is -1.94. The zero-order valence-electron chi connectivity index (χ0n) is 16.5. The number of fused-ring (bicyclic) bond motifs is 1. The van der Waals surface area contributed by atoms with E-state index < -0.39 is 0 Å². The normalized spacial score (nSPS) is 21.3. The van der Waals surface area contributed by atoms with Crippen LogP contribution < -0.4 is 10.2 Å². The molecule has 2 aliphatic rings. The summed E-state index contributed by atoms with van der Waals surface area (Å²) in [5, 5.41) is 3.38. The summed E-state index contributed by atoms with van der Waals surface area (Å²) in [5.41, 5.74) is 5.67. The van der Waals surface area contributed by atoms with E-state index in [0.717, 1.165) is 37.8 Å². The molecule has 1 aromatic heterocycles. The van der Waals surface area contributed by atoms with E-state index in [1.807, 2.05) is 12.3 Å². The van der Waals surface area contributed by atoms with Crippen LogP contribution in [0.2, 0.25) is 0 Å². The van der Waals surface area contributed by atoms with Gasteiger partial charge >= 0.3 is 0 Å². The van der Waals surface area contributed by atoms with Gasteiger partial charge < -0.3 is 10.2 Å². The molecule has 4 rings (SSSR count). The molecule has 4 heteroatoms. The van der Waals surface area contributed by atoms with Crippen LogP contribution in [-0.4, -0.2) is 36.1 Å². The first-order valence-corrected chi connectivity index (χ1v) is 9.81. The van der Waals surface area contributed by atoms with Crippen LogP contribution in [0.25, 0.3) is 11.3 Å². The van der Waals surface area contributed by atoms with Crippen LogP contribution in [0.4, 0.5) is 5.95 Å². The molecule has 0 amide bonds. The Bertz CT molecular complexity index is 804. The number of rotatable bonds is 2. The van der Waals surface area contributed by atoms with E-state index in [4.69, 9.17) is 4.98 Å². The van der Waals surface area contributed by atoms with Gasteiger partial charge in [0.25, 0.3) is 0 Å². The number of nitrogens with one attached hydrogen (secondary N) is 1. The largest absolute Gasteiger partial charge is 0.338 e. The number of anilines is 1. The van der Waals surface area contributed by atoms with E-state index in [1.165, 1.54) is 29.5 Å². The lowest BCUT2D eigenvalue weighted by atomic mass is 9.63. The van der Waals surface area contributed by atoms with Crippen LogP contribution in [0.15, 0.2) is 30.5 Å². The lowest BCUT2D eigenvalue weighted by molar-refractivity contribution is 0.332. The van der Waals surface area contributed by atoms with Crippen molar-refractivity contribution in [3.63, 3.8) is 0 Å². The summed E-state index contributed by atoms with van der Waals surface area (Å²) in [6.45, 7) is 13.4. The first-order valence-electron chi connectivity index (χ1n) is 9.81. The van der Waals surface area contributed by atoms with Gasteiger partial charge in [0, 0.05) is 37.9 Å². The summed E-state index contributed by atoms with van der Waals surface area (Å²) in [5.74, 6) is 0.848. The highest BCUT2D eigenvalue weighted by Gasteiger charge is 2.37. The predicted molar refractivity (Wildman–Crippen MR) is 108 cm³/mol. The molecule has 1 aromatic carbocycles.